The lowest BCUT2D eigenvalue weighted by Gasteiger charge is -2.19. The highest BCUT2D eigenvalue weighted by atomic mass is 32.1. The molecular weight excluding hydrogens is 388 g/mol. The Bertz CT molecular complexity index is 852. The van der Waals surface area contributed by atoms with Gasteiger partial charge in [-0.2, -0.15) is 8.78 Å². The Kier molecular flexibility index (Phi) is 6.61. The Morgan fingerprint density at radius 3 is 2.86 bits per heavy atom. The van der Waals surface area contributed by atoms with E-state index in [4.69, 9.17) is 4.74 Å². The minimum absolute atomic E-state index is 0.0843. The molecule has 0 unspecified atom stereocenters. The molecule has 1 N–H and O–H groups in total. The Morgan fingerprint density at radius 2 is 2.11 bits per heavy atom. The second kappa shape index (κ2) is 9.14. The van der Waals surface area contributed by atoms with Gasteiger partial charge in [0, 0.05) is 4.88 Å². The third kappa shape index (κ3) is 5.07. The number of thiophene rings is 1. The zero-order valence-electron chi connectivity index (χ0n) is 15.4. The summed E-state index contributed by atoms with van der Waals surface area (Å²) in [7, 11) is 0. The van der Waals surface area contributed by atoms with Gasteiger partial charge in [0.1, 0.15) is 10.6 Å². The van der Waals surface area contributed by atoms with Gasteiger partial charge in [0.2, 0.25) is 0 Å². The maximum atomic E-state index is 12.4. The summed E-state index contributed by atoms with van der Waals surface area (Å²) >= 11 is 1.41. The smallest absolute Gasteiger partial charge is 0.387 e. The van der Waals surface area contributed by atoms with Crippen LogP contribution >= 0.6 is 11.3 Å². The van der Waals surface area contributed by atoms with Crippen molar-refractivity contribution in [1.82, 2.24) is 0 Å². The summed E-state index contributed by atoms with van der Waals surface area (Å²) < 4.78 is 34.3. The average molecular weight is 409 g/mol. The molecule has 0 bridgehead atoms. The largest absolute Gasteiger partial charge is 0.451 e. The second-order valence-electron chi connectivity index (χ2n) is 6.58. The molecule has 3 rings (SSSR count). The van der Waals surface area contributed by atoms with Crippen molar-refractivity contribution in [2.24, 2.45) is 5.92 Å². The summed E-state index contributed by atoms with van der Waals surface area (Å²) in [6, 6.07) is 7.67. The summed E-state index contributed by atoms with van der Waals surface area (Å²) in [5, 5.41) is 2.41. The topological polar surface area (TPSA) is 64.6 Å². The standard InChI is InChI=1S/C20H21F2NO4S/c1-2-12-7-8-16-13(9-12)10-17(28-16)19(25)26-11-18(24)23-14-5-3-4-6-15(14)27-20(21)22/h3-6,10,12,20H,2,7-9,11H2,1H3,(H,23,24)/t12-/m0/s1. The second-order valence-corrected chi connectivity index (χ2v) is 7.71. The van der Waals surface area contributed by atoms with Crippen molar-refractivity contribution in [2.45, 2.75) is 39.2 Å². The van der Waals surface area contributed by atoms with Gasteiger partial charge in [0.15, 0.2) is 6.61 Å². The van der Waals surface area contributed by atoms with E-state index in [1.807, 2.05) is 6.07 Å². The molecule has 2 aromatic rings. The van der Waals surface area contributed by atoms with Gasteiger partial charge in [0.25, 0.3) is 5.91 Å². The van der Waals surface area contributed by atoms with Crippen LogP contribution in [0.4, 0.5) is 14.5 Å². The molecule has 1 aliphatic carbocycles. The number of anilines is 1. The van der Waals surface area contributed by atoms with Crippen molar-refractivity contribution in [3.05, 3.63) is 45.6 Å². The summed E-state index contributed by atoms with van der Waals surface area (Å²) in [4.78, 5) is 26.0. The molecule has 5 nitrogen and oxygen atoms in total. The average Bonchev–Trinajstić information content (AvgIpc) is 3.10. The first-order chi connectivity index (χ1) is 13.5. The molecule has 0 aliphatic heterocycles. The molecule has 1 heterocycles. The Hall–Kier alpha value is -2.48. The Balaban J connectivity index is 1.55. The molecule has 0 spiro atoms. The van der Waals surface area contributed by atoms with Crippen molar-refractivity contribution in [3.8, 4) is 5.75 Å². The number of hydrogen-bond acceptors (Lipinski definition) is 5. The van der Waals surface area contributed by atoms with E-state index in [-0.39, 0.29) is 11.4 Å². The monoisotopic (exact) mass is 409 g/mol. The number of alkyl halides is 2. The molecule has 1 aromatic heterocycles. The molecule has 1 atom stereocenters. The van der Waals surface area contributed by atoms with Crippen molar-refractivity contribution < 1.29 is 27.8 Å². The molecule has 0 fully saturated rings. The van der Waals surface area contributed by atoms with Crippen LogP contribution in [0.1, 0.15) is 39.9 Å². The third-order valence-electron chi connectivity index (χ3n) is 4.67. The molecule has 28 heavy (non-hydrogen) atoms. The molecule has 0 saturated heterocycles. The normalized spacial score (nSPS) is 15.8. The number of fused-ring (bicyclic) bond motifs is 1. The molecule has 1 aliphatic rings. The lowest BCUT2D eigenvalue weighted by Crippen LogP contribution is -2.21. The maximum Gasteiger partial charge on any atom is 0.387 e. The van der Waals surface area contributed by atoms with Crippen LogP contribution in [-0.4, -0.2) is 25.1 Å². The minimum Gasteiger partial charge on any atom is -0.451 e. The molecule has 1 amide bonds. The highest BCUT2D eigenvalue weighted by Gasteiger charge is 2.23. The molecular formula is C20H21F2NO4S. The van der Waals surface area contributed by atoms with Crippen LogP contribution in [0.5, 0.6) is 5.75 Å². The number of carbonyl (C=O) groups is 2. The lowest BCUT2D eigenvalue weighted by molar-refractivity contribution is -0.119. The Morgan fingerprint density at radius 1 is 1.32 bits per heavy atom. The number of rotatable bonds is 7. The van der Waals surface area contributed by atoms with Gasteiger partial charge in [0.05, 0.1) is 5.69 Å². The molecule has 1 aromatic carbocycles. The SMILES string of the molecule is CC[C@H]1CCc2sc(C(=O)OCC(=O)Nc3ccccc3OC(F)F)cc2C1. The number of para-hydroxylation sites is 2. The number of ether oxygens (including phenoxy) is 2. The number of hydrogen-bond donors (Lipinski definition) is 1. The predicted octanol–water partition coefficient (Wildman–Crippen LogP) is 4.66. The van der Waals surface area contributed by atoms with E-state index in [0.29, 0.717) is 10.8 Å². The summed E-state index contributed by atoms with van der Waals surface area (Å²) in [5.74, 6) is -0.702. The number of esters is 1. The van der Waals surface area contributed by atoms with Gasteiger partial charge in [-0.3, -0.25) is 4.79 Å². The van der Waals surface area contributed by atoms with E-state index < -0.39 is 25.1 Å². The predicted molar refractivity (Wildman–Crippen MR) is 102 cm³/mol. The number of amides is 1. The van der Waals surface area contributed by atoms with Gasteiger partial charge < -0.3 is 14.8 Å². The number of aryl methyl sites for hydroxylation is 1. The molecule has 0 radical (unpaired) electrons. The van der Waals surface area contributed by atoms with Crippen molar-refractivity contribution in [1.29, 1.82) is 0 Å². The first kappa shape index (κ1) is 20.3. The van der Waals surface area contributed by atoms with Gasteiger partial charge in [-0.1, -0.05) is 25.5 Å². The van der Waals surface area contributed by atoms with Crippen LogP contribution in [0.15, 0.2) is 30.3 Å². The lowest BCUT2D eigenvalue weighted by atomic mass is 9.87. The van der Waals surface area contributed by atoms with Crippen LogP contribution in [0.3, 0.4) is 0 Å². The fourth-order valence-electron chi connectivity index (χ4n) is 3.21. The first-order valence-corrected chi connectivity index (χ1v) is 9.90. The summed E-state index contributed by atoms with van der Waals surface area (Å²) in [6.07, 6.45) is 4.18. The van der Waals surface area contributed by atoms with Crippen LogP contribution in [0, 0.1) is 5.92 Å². The Labute approximate surface area is 165 Å². The molecule has 0 saturated carbocycles. The fourth-order valence-corrected chi connectivity index (χ4v) is 4.31. The van der Waals surface area contributed by atoms with Crippen molar-refractivity contribution >= 4 is 28.9 Å². The maximum absolute atomic E-state index is 12.4. The van der Waals surface area contributed by atoms with Gasteiger partial charge >= 0.3 is 12.6 Å². The van der Waals surface area contributed by atoms with Crippen LogP contribution in [0.2, 0.25) is 0 Å². The minimum atomic E-state index is -3.01. The zero-order valence-corrected chi connectivity index (χ0v) is 16.2. The quantitative estimate of drug-likeness (QED) is 0.676. The van der Waals surface area contributed by atoms with E-state index in [1.54, 1.807) is 6.07 Å². The first-order valence-electron chi connectivity index (χ1n) is 9.08. The van der Waals surface area contributed by atoms with E-state index in [0.717, 1.165) is 25.7 Å². The third-order valence-corrected chi connectivity index (χ3v) is 5.89. The highest BCUT2D eigenvalue weighted by molar-refractivity contribution is 7.14. The van der Waals surface area contributed by atoms with E-state index >= 15 is 0 Å². The van der Waals surface area contributed by atoms with Crippen molar-refractivity contribution in [3.63, 3.8) is 0 Å². The summed E-state index contributed by atoms with van der Waals surface area (Å²) in [5.41, 5.74) is 1.28. The van der Waals surface area contributed by atoms with E-state index in [9.17, 15) is 18.4 Å². The highest BCUT2D eigenvalue weighted by Crippen LogP contribution is 2.33. The van der Waals surface area contributed by atoms with Gasteiger partial charge in [-0.05, 0) is 48.9 Å². The van der Waals surface area contributed by atoms with E-state index in [1.165, 1.54) is 40.0 Å². The van der Waals surface area contributed by atoms with E-state index in [2.05, 4.69) is 17.0 Å². The van der Waals surface area contributed by atoms with Crippen LogP contribution in [-0.2, 0) is 22.4 Å². The van der Waals surface area contributed by atoms with Crippen LogP contribution < -0.4 is 10.1 Å². The number of halogens is 2. The number of benzene rings is 1. The molecule has 8 heteroatoms. The van der Waals surface area contributed by atoms with Crippen LogP contribution in [0.25, 0.3) is 0 Å². The van der Waals surface area contributed by atoms with Gasteiger partial charge in [-0.15, -0.1) is 11.3 Å². The zero-order chi connectivity index (χ0) is 20.1. The fraction of sp³-hybridized carbons (Fsp3) is 0.400. The van der Waals surface area contributed by atoms with Crippen molar-refractivity contribution in [2.75, 3.05) is 11.9 Å². The number of carbonyl (C=O) groups excluding carboxylic acids is 2. The van der Waals surface area contributed by atoms with Gasteiger partial charge in [-0.25, -0.2) is 4.79 Å². The summed E-state index contributed by atoms with van der Waals surface area (Å²) in [6.45, 7) is -1.35. The molecule has 150 valence electrons. The number of nitrogens with one attached hydrogen (secondary N) is 1.